The number of rotatable bonds is 4. The smallest absolute Gasteiger partial charge is 0.314 e. The van der Waals surface area contributed by atoms with Gasteiger partial charge in [-0.15, -0.1) is 0 Å². The molecule has 3 rings (SSSR count). The van der Waals surface area contributed by atoms with Crippen LogP contribution >= 0.6 is 15.9 Å². The molecule has 0 bridgehead atoms. The van der Waals surface area contributed by atoms with Crippen molar-refractivity contribution in [2.75, 3.05) is 12.4 Å². The highest BCUT2D eigenvalue weighted by atomic mass is 79.9. The van der Waals surface area contributed by atoms with Crippen molar-refractivity contribution in [3.63, 3.8) is 0 Å². The quantitative estimate of drug-likeness (QED) is 0.783. The Kier molecular flexibility index (Phi) is 5.03. The normalized spacial score (nSPS) is 16.0. The molecule has 0 aromatic heterocycles. The van der Waals surface area contributed by atoms with Crippen LogP contribution in [0.3, 0.4) is 0 Å². The van der Waals surface area contributed by atoms with E-state index in [9.17, 15) is 14.0 Å². The first-order valence-electron chi connectivity index (χ1n) is 7.56. The van der Waals surface area contributed by atoms with Gasteiger partial charge in [-0.1, -0.05) is 22.0 Å². The summed E-state index contributed by atoms with van der Waals surface area (Å²) in [4.78, 5) is 24.3. The largest absolute Gasteiger partial charge is 0.496 e. The first-order valence-corrected chi connectivity index (χ1v) is 8.35. The molecule has 0 aliphatic carbocycles. The maximum atomic E-state index is 13.4. The number of ether oxygens (including phenoxy) is 2. The summed E-state index contributed by atoms with van der Waals surface area (Å²) in [5.74, 6) is -1.53. The van der Waals surface area contributed by atoms with Crippen LogP contribution in [0.15, 0.2) is 40.9 Å². The number of esters is 1. The molecule has 0 spiro atoms. The first-order chi connectivity index (χ1) is 12.0. The van der Waals surface area contributed by atoms with Crippen LogP contribution in [-0.2, 0) is 20.9 Å². The van der Waals surface area contributed by atoms with E-state index in [4.69, 9.17) is 9.47 Å². The number of amides is 1. The number of anilines is 1. The Hall–Kier alpha value is -2.41. The van der Waals surface area contributed by atoms with Gasteiger partial charge in [0.2, 0.25) is 5.91 Å². The Labute approximate surface area is 152 Å². The molecule has 1 atom stereocenters. The summed E-state index contributed by atoms with van der Waals surface area (Å²) in [5, 5.41) is 2.57. The molecule has 0 radical (unpaired) electrons. The van der Waals surface area contributed by atoms with Crippen molar-refractivity contribution >= 4 is 33.5 Å². The molecule has 2 aromatic carbocycles. The average molecular weight is 408 g/mol. The van der Waals surface area contributed by atoms with Crippen LogP contribution in [0.25, 0.3) is 0 Å². The second kappa shape index (κ2) is 7.23. The molecule has 0 saturated carbocycles. The lowest BCUT2D eigenvalue weighted by molar-refractivity contribution is -0.148. The van der Waals surface area contributed by atoms with E-state index < -0.39 is 17.7 Å². The van der Waals surface area contributed by atoms with Crippen molar-refractivity contribution in [1.29, 1.82) is 0 Å². The second-order valence-corrected chi connectivity index (χ2v) is 6.52. The molecule has 7 heteroatoms. The molecule has 1 aliphatic rings. The third-order valence-electron chi connectivity index (χ3n) is 3.95. The van der Waals surface area contributed by atoms with E-state index in [1.54, 1.807) is 12.1 Å². The summed E-state index contributed by atoms with van der Waals surface area (Å²) < 4.78 is 24.8. The van der Waals surface area contributed by atoms with Crippen molar-refractivity contribution in [3.05, 3.63) is 57.8 Å². The van der Waals surface area contributed by atoms with Gasteiger partial charge in [0.1, 0.15) is 18.2 Å². The number of carbonyl (C=O) groups is 2. The topological polar surface area (TPSA) is 64.6 Å². The van der Waals surface area contributed by atoms with Crippen molar-refractivity contribution in [1.82, 2.24) is 0 Å². The standard InChI is InChI=1S/C18H15BrFNO4/c1-24-16-5-2-11(19)6-10(16)9-25-18(23)14-8-17(22)21-15-7-12(20)3-4-13(14)15/h2-7,14H,8-9H2,1H3,(H,21,22). The Balaban J connectivity index is 1.78. The van der Waals surface area contributed by atoms with Gasteiger partial charge in [-0.3, -0.25) is 9.59 Å². The first kappa shape index (κ1) is 17.4. The predicted molar refractivity (Wildman–Crippen MR) is 92.9 cm³/mol. The van der Waals surface area contributed by atoms with Crippen LogP contribution < -0.4 is 10.1 Å². The van der Waals surface area contributed by atoms with Gasteiger partial charge in [-0.25, -0.2) is 4.39 Å². The highest BCUT2D eigenvalue weighted by molar-refractivity contribution is 9.10. The fourth-order valence-electron chi connectivity index (χ4n) is 2.76. The highest BCUT2D eigenvalue weighted by Gasteiger charge is 2.32. The Bertz CT molecular complexity index is 840. The Morgan fingerprint density at radius 2 is 2.12 bits per heavy atom. The molecule has 0 saturated heterocycles. The molecule has 0 fully saturated rings. The van der Waals surface area contributed by atoms with Gasteiger partial charge in [0.15, 0.2) is 0 Å². The van der Waals surface area contributed by atoms with E-state index in [0.717, 1.165) is 4.47 Å². The van der Waals surface area contributed by atoms with Crippen molar-refractivity contribution in [2.24, 2.45) is 0 Å². The lowest BCUT2D eigenvalue weighted by atomic mass is 9.90. The second-order valence-electron chi connectivity index (χ2n) is 5.60. The SMILES string of the molecule is COc1ccc(Br)cc1COC(=O)C1CC(=O)Nc2cc(F)ccc21. The zero-order valence-electron chi connectivity index (χ0n) is 13.3. The van der Waals surface area contributed by atoms with Gasteiger partial charge < -0.3 is 14.8 Å². The fourth-order valence-corrected chi connectivity index (χ4v) is 3.17. The third-order valence-corrected chi connectivity index (χ3v) is 4.44. The molecule has 1 heterocycles. The third kappa shape index (κ3) is 3.82. The molecule has 5 nitrogen and oxygen atoms in total. The Morgan fingerprint density at radius 3 is 2.88 bits per heavy atom. The number of nitrogens with one attached hydrogen (secondary N) is 1. The minimum atomic E-state index is -0.762. The maximum absolute atomic E-state index is 13.4. The van der Waals surface area contributed by atoms with E-state index in [1.165, 1.54) is 25.3 Å². The molecule has 1 amide bonds. The van der Waals surface area contributed by atoms with Gasteiger partial charge in [0, 0.05) is 22.1 Å². The van der Waals surface area contributed by atoms with Gasteiger partial charge >= 0.3 is 5.97 Å². The van der Waals surface area contributed by atoms with Gasteiger partial charge in [-0.2, -0.15) is 0 Å². The number of methoxy groups -OCH3 is 1. The van der Waals surface area contributed by atoms with E-state index in [-0.39, 0.29) is 18.9 Å². The molecule has 1 unspecified atom stereocenters. The summed E-state index contributed by atoms with van der Waals surface area (Å²) in [6, 6.07) is 9.33. The number of halogens is 2. The van der Waals surface area contributed by atoms with Crippen molar-refractivity contribution in [3.8, 4) is 5.75 Å². The summed E-state index contributed by atoms with van der Waals surface area (Å²) in [5.41, 5.74) is 1.55. The molecule has 1 aliphatic heterocycles. The summed E-state index contributed by atoms with van der Waals surface area (Å²) >= 11 is 3.36. The Morgan fingerprint density at radius 1 is 1.32 bits per heavy atom. The van der Waals surface area contributed by atoms with Gasteiger partial charge in [0.05, 0.1) is 13.0 Å². The van der Waals surface area contributed by atoms with Crippen molar-refractivity contribution < 1.29 is 23.5 Å². The molecule has 25 heavy (non-hydrogen) atoms. The maximum Gasteiger partial charge on any atom is 0.314 e. The van der Waals surface area contributed by atoms with Crippen LogP contribution in [0.5, 0.6) is 5.75 Å². The zero-order chi connectivity index (χ0) is 18.0. The molecular formula is C18H15BrFNO4. The van der Waals surface area contributed by atoms with Gasteiger partial charge in [-0.05, 0) is 35.9 Å². The molecule has 1 N–H and O–H groups in total. The minimum Gasteiger partial charge on any atom is -0.496 e. The minimum absolute atomic E-state index is 0.0100. The van der Waals surface area contributed by atoms with Crippen LogP contribution in [0.1, 0.15) is 23.5 Å². The molecule has 2 aromatic rings. The van der Waals surface area contributed by atoms with E-state index in [2.05, 4.69) is 21.2 Å². The van der Waals surface area contributed by atoms with Crippen LogP contribution in [0, 0.1) is 5.82 Å². The predicted octanol–water partition coefficient (Wildman–Crippen LogP) is 3.77. The van der Waals surface area contributed by atoms with E-state index >= 15 is 0 Å². The number of hydrogen-bond acceptors (Lipinski definition) is 4. The van der Waals surface area contributed by atoms with Crippen molar-refractivity contribution in [2.45, 2.75) is 18.9 Å². The van der Waals surface area contributed by atoms with Crippen LogP contribution in [0.4, 0.5) is 10.1 Å². The number of hydrogen-bond donors (Lipinski definition) is 1. The summed E-state index contributed by atoms with van der Waals surface area (Å²) in [6.45, 7) is 0.0100. The average Bonchev–Trinajstić information content (AvgIpc) is 2.58. The van der Waals surface area contributed by atoms with E-state index in [1.807, 2.05) is 6.07 Å². The lowest BCUT2D eigenvalue weighted by Gasteiger charge is -2.24. The number of benzene rings is 2. The molecule has 130 valence electrons. The van der Waals surface area contributed by atoms with E-state index in [0.29, 0.717) is 22.6 Å². The number of carbonyl (C=O) groups excluding carboxylic acids is 2. The zero-order valence-corrected chi connectivity index (χ0v) is 14.9. The molecular weight excluding hydrogens is 393 g/mol. The summed E-state index contributed by atoms with van der Waals surface area (Å²) in [6.07, 6.45) is -0.0346. The monoisotopic (exact) mass is 407 g/mol. The van der Waals surface area contributed by atoms with Crippen LogP contribution in [0.2, 0.25) is 0 Å². The fraction of sp³-hybridized carbons (Fsp3) is 0.222. The lowest BCUT2D eigenvalue weighted by Crippen LogP contribution is -2.28. The summed E-state index contributed by atoms with van der Waals surface area (Å²) in [7, 11) is 1.53. The number of fused-ring (bicyclic) bond motifs is 1. The van der Waals surface area contributed by atoms with Gasteiger partial charge in [0.25, 0.3) is 0 Å². The highest BCUT2D eigenvalue weighted by Crippen LogP contribution is 2.34. The van der Waals surface area contributed by atoms with Crippen LogP contribution in [-0.4, -0.2) is 19.0 Å².